The van der Waals surface area contributed by atoms with E-state index in [2.05, 4.69) is 0 Å². The lowest BCUT2D eigenvalue weighted by Gasteiger charge is -2.19. The zero-order chi connectivity index (χ0) is 11.3. The number of hydrogen-bond acceptors (Lipinski definition) is 2. The molecular formula is C12H13NO2. The van der Waals surface area contributed by atoms with Crippen molar-refractivity contribution in [3.63, 3.8) is 0 Å². The number of benzene rings is 1. The normalized spacial score (nSPS) is 13.9. The van der Waals surface area contributed by atoms with Gasteiger partial charge in [0.2, 0.25) is 0 Å². The van der Waals surface area contributed by atoms with Crippen LogP contribution in [0.25, 0.3) is 0 Å². The molecule has 3 nitrogen and oxygen atoms in total. The summed E-state index contributed by atoms with van der Waals surface area (Å²) < 4.78 is 0. The molecule has 3 heteroatoms. The lowest BCUT2D eigenvalue weighted by molar-refractivity contribution is -0.145. The molecule has 1 N–H and O–H groups in total. The van der Waals surface area contributed by atoms with Crippen LogP contribution >= 0.6 is 0 Å². The van der Waals surface area contributed by atoms with Gasteiger partial charge in [0.25, 0.3) is 0 Å². The Kier molecular flexibility index (Phi) is 3.46. The molecule has 78 valence electrons. The highest BCUT2D eigenvalue weighted by Gasteiger charge is 2.36. The predicted molar refractivity (Wildman–Crippen MR) is 56.1 cm³/mol. The summed E-state index contributed by atoms with van der Waals surface area (Å²) in [5.41, 5.74) is -0.412. The van der Waals surface area contributed by atoms with Crippen molar-refractivity contribution in [1.82, 2.24) is 0 Å². The van der Waals surface area contributed by atoms with Crippen LogP contribution in [0.5, 0.6) is 0 Å². The maximum Gasteiger partial charge on any atom is 0.324 e. The van der Waals surface area contributed by atoms with Crippen LogP contribution in [0.1, 0.15) is 18.9 Å². The SMILES string of the molecule is CCC(C#N)(Cc1ccccc1)C(=O)O. The molecule has 0 bridgehead atoms. The van der Waals surface area contributed by atoms with Gasteiger partial charge in [-0.1, -0.05) is 37.3 Å². The maximum absolute atomic E-state index is 11.1. The second-order valence-corrected chi connectivity index (χ2v) is 3.51. The molecule has 0 spiro atoms. The number of nitriles is 1. The Hall–Kier alpha value is -1.82. The first-order valence-corrected chi connectivity index (χ1v) is 4.83. The van der Waals surface area contributed by atoms with Crippen molar-refractivity contribution in [3.05, 3.63) is 35.9 Å². The van der Waals surface area contributed by atoms with Crippen LogP contribution in [0.4, 0.5) is 0 Å². The average molecular weight is 203 g/mol. The van der Waals surface area contributed by atoms with Crippen molar-refractivity contribution in [2.24, 2.45) is 5.41 Å². The van der Waals surface area contributed by atoms with Gasteiger partial charge in [-0.3, -0.25) is 4.79 Å². The molecule has 0 aliphatic carbocycles. The first-order chi connectivity index (χ1) is 7.14. The summed E-state index contributed by atoms with van der Waals surface area (Å²) in [4.78, 5) is 11.1. The van der Waals surface area contributed by atoms with Gasteiger partial charge in [-0.05, 0) is 12.0 Å². The number of carboxylic acids is 1. The van der Waals surface area contributed by atoms with Crippen LogP contribution in [0.2, 0.25) is 0 Å². The fourth-order valence-corrected chi connectivity index (χ4v) is 1.46. The molecule has 15 heavy (non-hydrogen) atoms. The van der Waals surface area contributed by atoms with Gasteiger partial charge in [0, 0.05) is 6.42 Å². The molecule has 0 radical (unpaired) electrons. The zero-order valence-electron chi connectivity index (χ0n) is 8.60. The summed E-state index contributed by atoms with van der Waals surface area (Å²) in [6.45, 7) is 1.72. The van der Waals surface area contributed by atoms with Crippen molar-refractivity contribution >= 4 is 5.97 Å². The molecule has 1 rings (SSSR count). The lowest BCUT2D eigenvalue weighted by Crippen LogP contribution is -2.31. The highest BCUT2D eigenvalue weighted by molar-refractivity contribution is 5.78. The number of hydrogen-bond donors (Lipinski definition) is 1. The Morgan fingerprint density at radius 3 is 2.47 bits per heavy atom. The molecule has 0 saturated carbocycles. The van der Waals surface area contributed by atoms with Crippen molar-refractivity contribution in [1.29, 1.82) is 5.26 Å². The molecule has 1 aromatic carbocycles. The van der Waals surface area contributed by atoms with Crippen LogP contribution < -0.4 is 0 Å². The molecule has 1 atom stereocenters. The van der Waals surface area contributed by atoms with E-state index in [0.29, 0.717) is 6.42 Å². The van der Waals surface area contributed by atoms with E-state index in [1.165, 1.54) is 0 Å². The van der Waals surface area contributed by atoms with E-state index in [9.17, 15) is 4.79 Å². The second kappa shape index (κ2) is 4.61. The van der Waals surface area contributed by atoms with E-state index in [4.69, 9.17) is 10.4 Å². The molecule has 0 fully saturated rings. The van der Waals surface area contributed by atoms with Crippen molar-refractivity contribution in [2.45, 2.75) is 19.8 Å². The molecule has 0 aliphatic rings. The zero-order valence-corrected chi connectivity index (χ0v) is 8.60. The third-order valence-electron chi connectivity index (χ3n) is 2.58. The van der Waals surface area contributed by atoms with E-state index >= 15 is 0 Å². The highest BCUT2D eigenvalue weighted by atomic mass is 16.4. The first kappa shape index (κ1) is 11.3. The monoisotopic (exact) mass is 203 g/mol. The van der Waals surface area contributed by atoms with E-state index in [1.54, 1.807) is 6.92 Å². The minimum Gasteiger partial charge on any atom is -0.480 e. The van der Waals surface area contributed by atoms with Gasteiger partial charge >= 0.3 is 5.97 Å². The van der Waals surface area contributed by atoms with E-state index < -0.39 is 11.4 Å². The Morgan fingerprint density at radius 1 is 1.47 bits per heavy atom. The fraction of sp³-hybridized carbons (Fsp3) is 0.333. The first-order valence-electron chi connectivity index (χ1n) is 4.83. The molecule has 0 heterocycles. The summed E-state index contributed by atoms with van der Waals surface area (Å²) >= 11 is 0. The van der Waals surface area contributed by atoms with Gasteiger partial charge in [-0.2, -0.15) is 5.26 Å². The molecule has 0 saturated heterocycles. The van der Waals surface area contributed by atoms with Crippen molar-refractivity contribution < 1.29 is 9.90 Å². The molecule has 0 aliphatic heterocycles. The van der Waals surface area contributed by atoms with Gasteiger partial charge in [-0.15, -0.1) is 0 Å². The minimum atomic E-state index is -1.29. The molecule has 1 aromatic rings. The number of carbonyl (C=O) groups is 1. The molecule has 0 amide bonds. The van der Waals surface area contributed by atoms with Crippen LogP contribution in [0.15, 0.2) is 30.3 Å². The van der Waals surface area contributed by atoms with E-state index in [-0.39, 0.29) is 6.42 Å². The summed E-state index contributed by atoms with van der Waals surface area (Å²) in [6, 6.07) is 11.1. The summed E-state index contributed by atoms with van der Waals surface area (Å²) in [5, 5.41) is 18.0. The Balaban J connectivity index is 2.96. The quantitative estimate of drug-likeness (QED) is 0.816. The summed E-state index contributed by atoms with van der Waals surface area (Å²) in [5.74, 6) is -1.05. The van der Waals surface area contributed by atoms with Crippen molar-refractivity contribution in [2.75, 3.05) is 0 Å². The van der Waals surface area contributed by atoms with E-state index in [0.717, 1.165) is 5.56 Å². The van der Waals surface area contributed by atoms with Gasteiger partial charge in [0.15, 0.2) is 5.41 Å². The Morgan fingerprint density at radius 2 is 2.07 bits per heavy atom. The highest BCUT2D eigenvalue weighted by Crippen LogP contribution is 2.26. The van der Waals surface area contributed by atoms with E-state index in [1.807, 2.05) is 36.4 Å². The largest absolute Gasteiger partial charge is 0.480 e. The summed E-state index contributed by atoms with van der Waals surface area (Å²) in [7, 11) is 0. The second-order valence-electron chi connectivity index (χ2n) is 3.51. The number of carboxylic acid groups (broad SMARTS) is 1. The Bertz CT molecular complexity index is 380. The minimum absolute atomic E-state index is 0.260. The van der Waals surface area contributed by atoms with Crippen molar-refractivity contribution in [3.8, 4) is 6.07 Å². The third kappa shape index (κ3) is 2.35. The smallest absolute Gasteiger partial charge is 0.324 e. The molecule has 1 unspecified atom stereocenters. The van der Waals surface area contributed by atoms with Crippen LogP contribution in [0, 0.1) is 16.7 Å². The summed E-state index contributed by atoms with van der Waals surface area (Å²) in [6.07, 6.45) is 0.573. The van der Waals surface area contributed by atoms with Gasteiger partial charge in [0.05, 0.1) is 6.07 Å². The molecular weight excluding hydrogens is 190 g/mol. The fourth-order valence-electron chi connectivity index (χ4n) is 1.46. The average Bonchev–Trinajstić information content (AvgIpc) is 2.27. The van der Waals surface area contributed by atoms with Gasteiger partial charge < -0.3 is 5.11 Å². The van der Waals surface area contributed by atoms with Crippen LogP contribution in [-0.4, -0.2) is 11.1 Å². The number of aliphatic carboxylic acids is 1. The van der Waals surface area contributed by atoms with Crippen LogP contribution in [0.3, 0.4) is 0 Å². The standard InChI is InChI=1S/C12H13NO2/c1-2-12(9-13,11(14)15)8-10-6-4-3-5-7-10/h3-7H,2,8H2,1H3,(H,14,15). The maximum atomic E-state index is 11.1. The number of nitrogens with zero attached hydrogens (tertiary/aromatic N) is 1. The van der Waals surface area contributed by atoms with Crippen LogP contribution in [-0.2, 0) is 11.2 Å². The lowest BCUT2D eigenvalue weighted by atomic mass is 9.81. The van der Waals surface area contributed by atoms with Gasteiger partial charge in [0.1, 0.15) is 0 Å². The third-order valence-corrected chi connectivity index (χ3v) is 2.58. The topological polar surface area (TPSA) is 61.1 Å². The predicted octanol–water partition coefficient (Wildman–Crippen LogP) is 2.23. The Labute approximate surface area is 89.0 Å². The number of rotatable bonds is 4. The molecule has 0 aromatic heterocycles. The van der Waals surface area contributed by atoms with Gasteiger partial charge in [-0.25, -0.2) is 0 Å².